The molecular weight excluding hydrogens is 701 g/mol. The van der Waals surface area contributed by atoms with Gasteiger partial charge in [-0.05, 0) is 158 Å². The maximum atomic E-state index is 12.9. The van der Waals surface area contributed by atoms with Crippen molar-refractivity contribution in [1.29, 1.82) is 0 Å². The number of carbonyl (C=O) groups is 2. The van der Waals surface area contributed by atoms with Crippen LogP contribution in [-0.4, -0.2) is 131 Å². The minimum atomic E-state index is -1.65. The fourth-order valence-corrected chi connectivity index (χ4v) is 11.9. The number of nitrogens with zero attached hydrogens (tertiary/aromatic N) is 2. The minimum Gasteiger partial charge on any atom is -0.448 e. The number of hydrogen-bond acceptors (Lipinski definition) is 10. The summed E-state index contributed by atoms with van der Waals surface area (Å²) in [6, 6.07) is 0. The third-order valence-corrected chi connectivity index (χ3v) is 12.1. The highest BCUT2D eigenvalue weighted by molar-refractivity contribution is 6.70. The Morgan fingerprint density at radius 3 is 0.940 bits per heavy atom. The molecule has 0 N–H and O–H groups in total. The van der Waals surface area contributed by atoms with Crippen molar-refractivity contribution in [3.05, 3.63) is 0 Å². The Morgan fingerprint density at radius 1 is 0.480 bits per heavy atom. The molecule has 6 atom stereocenters. The Labute approximate surface area is 311 Å². The van der Waals surface area contributed by atoms with Gasteiger partial charge in [-0.25, -0.2) is 9.59 Å². The molecule has 50 heavy (non-hydrogen) atoms. The summed E-state index contributed by atoms with van der Waals surface area (Å²) in [4.78, 5) is 30.6. The first-order valence-corrected chi connectivity index (χ1v) is 32.9. The zero-order valence-corrected chi connectivity index (χ0v) is 39.1. The van der Waals surface area contributed by atoms with Crippen molar-refractivity contribution in [3.63, 3.8) is 0 Å². The highest BCUT2D eigenvalue weighted by atomic mass is 28.4. The Kier molecular flexibility index (Phi) is 20.4. The van der Waals surface area contributed by atoms with Crippen molar-refractivity contribution < 1.29 is 36.8 Å². The van der Waals surface area contributed by atoms with Crippen molar-refractivity contribution in [2.75, 3.05) is 39.3 Å². The van der Waals surface area contributed by atoms with Gasteiger partial charge in [-0.2, -0.15) is 0 Å². The van der Waals surface area contributed by atoms with Crippen LogP contribution in [0.5, 0.6) is 0 Å². The Bertz CT molecular complexity index is 871. The van der Waals surface area contributed by atoms with E-state index in [9.17, 15) is 9.59 Å². The molecule has 1 heterocycles. The summed E-state index contributed by atoms with van der Waals surface area (Å²) in [6.07, 6.45) is 3.10. The number of hydrogen-bond donors (Lipinski definition) is 0. The molecular formula is C36H78N2O8Si4. The summed E-state index contributed by atoms with van der Waals surface area (Å²) < 4.78 is 36.6. The van der Waals surface area contributed by atoms with Crippen LogP contribution in [-0.2, 0) is 36.8 Å². The SMILES string of the molecule is C[C@H](CN(CCCCC1OC(=O)C(CCCCN(C[C@@H](C)O[Si](C)(C)C)C[C@@H](C)O[Si](C)(C)C)OC1=O)C[C@@H](C)O[Si](C)(C)C)O[Si](C)(C)C. The van der Waals surface area contributed by atoms with Gasteiger partial charge in [-0.15, -0.1) is 0 Å². The van der Waals surface area contributed by atoms with Crippen LogP contribution in [0.2, 0.25) is 78.6 Å². The second-order valence-electron chi connectivity index (χ2n) is 18.5. The third-order valence-electron chi connectivity index (χ3n) is 7.70. The average molecular weight is 779 g/mol. The van der Waals surface area contributed by atoms with Crippen LogP contribution in [0, 0.1) is 0 Å². The Morgan fingerprint density at radius 2 is 0.720 bits per heavy atom. The van der Waals surface area contributed by atoms with Gasteiger partial charge in [0.2, 0.25) is 0 Å². The molecule has 1 rings (SSSR count). The van der Waals surface area contributed by atoms with E-state index < -0.39 is 57.4 Å². The number of esters is 2. The predicted octanol–water partition coefficient (Wildman–Crippen LogP) is 7.73. The van der Waals surface area contributed by atoms with Crippen LogP contribution < -0.4 is 0 Å². The van der Waals surface area contributed by atoms with Gasteiger partial charge in [0.05, 0.1) is 24.4 Å². The molecule has 0 radical (unpaired) electrons. The van der Waals surface area contributed by atoms with Crippen LogP contribution in [0.25, 0.3) is 0 Å². The summed E-state index contributed by atoms with van der Waals surface area (Å²) in [7, 11) is -6.60. The lowest BCUT2D eigenvalue weighted by molar-refractivity contribution is -0.196. The molecule has 0 aromatic heterocycles. The van der Waals surface area contributed by atoms with Gasteiger partial charge in [0.15, 0.2) is 45.5 Å². The molecule has 0 saturated carbocycles. The monoisotopic (exact) mass is 778 g/mol. The molecule has 1 aliphatic heterocycles. The van der Waals surface area contributed by atoms with E-state index in [0.717, 1.165) is 65.0 Å². The summed E-state index contributed by atoms with van der Waals surface area (Å²) in [6.45, 7) is 40.2. The third kappa shape index (κ3) is 24.0. The first-order chi connectivity index (χ1) is 22.7. The van der Waals surface area contributed by atoms with E-state index in [1.807, 2.05) is 0 Å². The lowest BCUT2D eigenvalue weighted by Gasteiger charge is -2.33. The second kappa shape index (κ2) is 21.5. The molecule has 1 aliphatic rings. The summed E-state index contributed by atoms with van der Waals surface area (Å²) >= 11 is 0. The van der Waals surface area contributed by atoms with Crippen molar-refractivity contribution in [2.24, 2.45) is 0 Å². The summed E-state index contributed by atoms with van der Waals surface area (Å²) in [5.41, 5.74) is 0. The van der Waals surface area contributed by atoms with Gasteiger partial charge < -0.3 is 27.2 Å². The Balaban J connectivity index is 2.61. The van der Waals surface area contributed by atoms with Crippen molar-refractivity contribution >= 4 is 45.2 Å². The van der Waals surface area contributed by atoms with E-state index in [1.165, 1.54) is 0 Å². The van der Waals surface area contributed by atoms with Crippen LogP contribution in [0.15, 0.2) is 0 Å². The molecule has 2 unspecified atom stereocenters. The van der Waals surface area contributed by atoms with Gasteiger partial charge >= 0.3 is 11.9 Å². The number of rotatable bonds is 26. The largest absolute Gasteiger partial charge is 0.448 e. The lowest BCUT2D eigenvalue weighted by atomic mass is 10.1. The van der Waals surface area contributed by atoms with Gasteiger partial charge in [-0.3, -0.25) is 9.80 Å². The molecule has 0 spiro atoms. The standard InChI is InChI=1S/C36H78N2O8Si4/c1-29(43-47(5,6)7)25-37(26-30(2)44-48(8,9)10)23-19-17-21-33-35(39)42-34(36(40)41-33)22-18-20-24-38(27-31(3)45-49(11,12)13)28-32(4)46-50(14,15)16/h29-34H,17-28H2,1-16H3/t29-,30-,31-,32-,33?,34?/m1/s1. The molecule has 14 heteroatoms. The molecule has 0 bridgehead atoms. The van der Waals surface area contributed by atoms with E-state index in [-0.39, 0.29) is 24.4 Å². The summed E-state index contributed by atoms with van der Waals surface area (Å²) in [5, 5.41) is 0. The molecule has 10 nitrogen and oxygen atoms in total. The maximum Gasteiger partial charge on any atom is 0.348 e. The number of unbranched alkanes of at least 4 members (excludes halogenated alkanes) is 2. The van der Waals surface area contributed by atoms with Crippen LogP contribution >= 0.6 is 0 Å². The van der Waals surface area contributed by atoms with Crippen LogP contribution in [0.3, 0.4) is 0 Å². The molecule has 0 amide bonds. The van der Waals surface area contributed by atoms with Crippen LogP contribution in [0.4, 0.5) is 0 Å². The smallest absolute Gasteiger partial charge is 0.348 e. The molecule has 1 saturated heterocycles. The molecule has 0 aromatic carbocycles. The van der Waals surface area contributed by atoms with E-state index >= 15 is 0 Å². The number of ether oxygens (including phenoxy) is 2. The van der Waals surface area contributed by atoms with Gasteiger partial charge in [0, 0.05) is 26.2 Å². The van der Waals surface area contributed by atoms with Gasteiger partial charge in [0.1, 0.15) is 0 Å². The summed E-state index contributed by atoms with van der Waals surface area (Å²) in [5.74, 6) is -0.839. The second-order valence-corrected chi connectivity index (χ2v) is 36.4. The Hall–Kier alpha value is -0.432. The average Bonchev–Trinajstić information content (AvgIpc) is 2.86. The normalized spacial score (nSPS) is 20.5. The zero-order chi connectivity index (χ0) is 38.5. The number of carbonyl (C=O) groups excluding carboxylic acids is 2. The minimum absolute atomic E-state index is 0.134. The van der Waals surface area contributed by atoms with E-state index in [1.54, 1.807) is 0 Å². The molecule has 0 aliphatic carbocycles. The van der Waals surface area contributed by atoms with E-state index in [0.29, 0.717) is 12.8 Å². The first-order valence-electron chi connectivity index (χ1n) is 19.3. The molecule has 0 aromatic rings. The van der Waals surface area contributed by atoms with Crippen LogP contribution in [0.1, 0.15) is 66.2 Å². The highest BCUT2D eigenvalue weighted by Crippen LogP contribution is 2.21. The zero-order valence-electron chi connectivity index (χ0n) is 35.1. The van der Waals surface area contributed by atoms with Crippen molar-refractivity contribution in [3.8, 4) is 0 Å². The fraction of sp³-hybridized carbons (Fsp3) is 0.944. The fourth-order valence-electron chi connectivity index (χ4n) is 6.74. The van der Waals surface area contributed by atoms with Gasteiger partial charge in [-0.1, -0.05) is 0 Å². The predicted molar refractivity (Wildman–Crippen MR) is 216 cm³/mol. The first kappa shape index (κ1) is 47.6. The lowest BCUT2D eigenvalue weighted by Crippen LogP contribution is -2.45. The van der Waals surface area contributed by atoms with Crippen molar-refractivity contribution in [1.82, 2.24) is 9.80 Å². The molecule has 296 valence electrons. The van der Waals surface area contributed by atoms with E-state index in [2.05, 4.69) is 116 Å². The number of cyclic esters (lactones) is 2. The quantitative estimate of drug-likeness (QED) is 0.0494. The molecule has 1 fully saturated rings. The van der Waals surface area contributed by atoms with E-state index in [4.69, 9.17) is 27.2 Å². The highest BCUT2D eigenvalue weighted by Gasteiger charge is 2.37. The van der Waals surface area contributed by atoms with Crippen molar-refractivity contribution in [2.45, 2.75) is 181 Å². The van der Waals surface area contributed by atoms with Gasteiger partial charge in [0.25, 0.3) is 0 Å². The maximum absolute atomic E-state index is 12.9. The topological polar surface area (TPSA) is 96.0 Å².